The predicted molar refractivity (Wildman–Crippen MR) is 137 cm³/mol. The van der Waals surface area contributed by atoms with Gasteiger partial charge in [-0.1, -0.05) is 40.5 Å². The SMILES string of the molecule is CC1(C)CCC(O)(CCC[C@H]2CCCC3C4CCC5CC(O)CCC5(C)C4CCC32C)CC1. The molecule has 190 valence electrons. The molecule has 0 bridgehead atoms. The number of aliphatic hydroxyl groups is 2. The van der Waals surface area contributed by atoms with Crippen LogP contribution in [0.5, 0.6) is 0 Å². The van der Waals surface area contributed by atoms with E-state index in [-0.39, 0.29) is 11.7 Å². The topological polar surface area (TPSA) is 40.5 Å². The third-order valence-corrected chi connectivity index (χ3v) is 12.8. The second-order valence-corrected chi connectivity index (χ2v) is 15.0. The molecule has 5 aliphatic carbocycles. The van der Waals surface area contributed by atoms with E-state index < -0.39 is 0 Å². The van der Waals surface area contributed by atoms with E-state index in [2.05, 4.69) is 27.7 Å². The van der Waals surface area contributed by atoms with E-state index in [1.54, 1.807) is 0 Å². The zero-order valence-electron chi connectivity index (χ0n) is 22.4. The molecule has 5 saturated carbocycles. The summed E-state index contributed by atoms with van der Waals surface area (Å²) in [5.41, 5.74) is 1.09. The highest BCUT2D eigenvalue weighted by atomic mass is 16.3. The van der Waals surface area contributed by atoms with E-state index in [4.69, 9.17) is 0 Å². The molecule has 7 unspecified atom stereocenters. The largest absolute Gasteiger partial charge is 0.393 e. The Hall–Kier alpha value is -0.0800. The Morgan fingerprint density at radius 1 is 0.727 bits per heavy atom. The molecular formula is C31H54O2. The number of hydrogen-bond acceptors (Lipinski definition) is 2. The van der Waals surface area contributed by atoms with Crippen LogP contribution in [0, 0.1) is 45.8 Å². The molecule has 33 heavy (non-hydrogen) atoms. The van der Waals surface area contributed by atoms with E-state index in [1.165, 1.54) is 77.0 Å². The van der Waals surface area contributed by atoms with Crippen molar-refractivity contribution < 1.29 is 10.2 Å². The van der Waals surface area contributed by atoms with Crippen LogP contribution in [0.1, 0.15) is 137 Å². The molecule has 0 aromatic heterocycles. The standard InChI is InChI=1S/C31H54O2/c1-28(2)17-19-31(33,20-18-28)14-6-8-22-7-5-9-26-25-11-10-23-21-24(32)12-15-30(23,4)27(25)13-16-29(22,26)3/h22-27,32-33H,5-21H2,1-4H3/t22-,23?,24?,25?,26?,27?,29?,30?/m1/s1. The summed E-state index contributed by atoms with van der Waals surface area (Å²) in [6, 6.07) is 0. The molecule has 2 N–H and O–H groups in total. The molecule has 0 saturated heterocycles. The Bertz CT molecular complexity index is 689. The molecule has 2 nitrogen and oxygen atoms in total. The van der Waals surface area contributed by atoms with Gasteiger partial charge in [-0.05, 0) is 142 Å². The predicted octanol–water partition coefficient (Wildman–Crippen LogP) is 7.90. The van der Waals surface area contributed by atoms with Crippen LogP contribution in [0.4, 0.5) is 0 Å². The lowest BCUT2D eigenvalue weighted by atomic mass is 9.41. The maximum Gasteiger partial charge on any atom is 0.0648 e. The van der Waals surface area contributed by atoms with E-state index in [1.807, 2.05) is 0 Å². The summed E-state index contributed by atoms with van der Waals surface area (Å²) < 4.78 is 0. The molecule has 0 heterocycles. The van der Waals surface area contributed by atoms with Crippen LogP contribution >= 0.6 is 0 Å². The van der Waals surface area contributed by atoms with Gasteiger partial charge in [-0.25, -0.2) is 0 Å². The number of hydrogen-bond donors (Lipinski definition) is 2. The Morgan fingerprint density at radius 3 is 2.18 bits per heavy atom. The molecule has 8 atom stereocenters. The van der Waals surface area contributed by atoms with E-state index in [0.29, 0.717) is 16.2 Å². The van der Waals surface area contributed by atoms with Gasteiger partial charge in [0.1, 0.15) is 0 Å². The minimum absolute atomic E-state index is 0.0300. The van der Waals surface area contributed by atoms with Crippen LogP contribution in [-0.4, -0.2) is 21.9 Å². The third kappa shape index (κ3) is 4.47. The summed E-state index contributed by atoms with van der Waals surface area (Å²) in [5.74, 6) is 4.42. The van der Waals surface area contributed by atoms with Crippen molar-refractivity contribution in [2.24, 2.45) is 45.8 Å². The second-order valence-electron chi connectivity index (χ2n) is 15.0. The molecule has 5 aliphatic rings. The number of aliphatic hydroxyl groups excluding tert-OH is 1. The van der Waals surface area contributed by atoms with Crippen LogP contribution in [0.15, 0.2) is 0 Å². The first kappa shape index (κ1) is 24.6. The van der Waals surface area contributed by atoms with Crippen molar-refractivity contribution in [2.45, 2.75) is 149 Å². The maximum atomic E-state index is 11.2. The van der Waals surface area contributed by atoms with Gasteiger partial charge in [0.25, 0.3) is 0 Å². The van der Waals surface area contributed by atoms with Crippen LogP contribution in [-0.2, 0) is 0 Å². The fraction of sp³-hybridized carbons (Fsp3) is 1.00. The van der Waals surface area contributed by atoms with Gasteiger partial charge in [0.15, 0.2) is 0 Å². The van der Waals surface area contributed by atoms with Gasteiger partial charge < -0.3 is 10.2 Å². The maximum absolute atomic E-state index is 11.2. The Morgan fingerprint density at radius 2 is 1.42 bits per heavy atom. The van der Waals surface area contributed by atoms with Crippen molar-refractivity contribution in [3.63, 3.8) is 0 Å². The molecule has 5 rings (SSSR count). The molecule has 0 spiro atoms. The van der Waals surface area contributed by atoms with Crippen LogP contribution < -0.4 is 0 Å². The fourth-order valence-electron chi connectivity index (χ4n) is 10.3. The summed E-state index contributed by atoms with van der Waals surface area (Å²) >= 11 is 0. The van der Waals surface area contributed by atoms with Gasteiger partial charge in [0.05, 0.1) is 11.7 Å². The summed E-state index contributed by atoms with van der Waals surface area (Å²) in [4.78, 5) is 0. The lowest BCUT2D eigenvalue weighted by molar-refractivity contribution is -0.152. The second kappa shape index (κ2) is 8.79. The minimum Gasteiger partial charge on any atom is -0.393 e. The van der Waals surface area contributed by atoms with E-state index in [0.717, 1.165) is 61.7 Å². The number of fused-ring (bicyclic) bond motifs is 5. The van der Waals surface area contributed by atoms with Gasteiger partial charge in [-0.3, -0.25) is 0 Å². The molecule has 0 aromatic carbocycles. The van der Waals surface area contributed by atoms with Crippen molar-refractivity contribution in [3.8, 4) is 0 Å². The molecule has 2 heteroatoms. The molecule has 0 amide bonds. The Labute approximate surface area is 204 Å². The van der Waals surface area contributed by atoms with Gasteiger partial charge in [-0.15, -0.1) is 0 Å². The monoisotopic (exact) mass is 458 g/mol. The lowest BCUT2D eigenvalue weighted by Crippen LogP contribution is -2.56. The first-order chi connectivity index (χ1) is 15.5. The first-order valence-corrected chi connectivity index (χ1v) is 15.0. The quantitative estimate of drug-likeness (QED) is 0.449. The Balaban J connectivity index is 1.23. The summed E-state index contributed by atoms with van der Waals surface area (Å²) in [5, 5.41) is 21.5. The normalized spacial score (nSPS) is 48.9. The summed E-state index contributed by atoms with van der Waals surface area (Å²) in [6.45, 7) is 10.1. The highest BCUT2D eigenvalue weighted by Gasteiger charge is 2.58. The third-order valence-electron chi connectivity index (χ3n) is 12.8. The average molecular weight is 459 g/mol. The smallest absolute Gasteiger partial charge is 0.0648 e. The van der Waals surface area contributed by atoms with Crippen molar-refractivity contribution >= 4 is 0 Å². The molecule has 0 aliphatic heterocycles. The van der Waals surface area contributed by atoms with Crippen molar-refractivity contribution in [1.82, 2.24) is 0 Å². The van der Waals surface area contributed by atoms with E-state index >= 15 is 0 Å². The van der Waals surface area contributed by atoms with Gasteiger partial charge in [-0.2, -0.15) is 0 Å². The summed E-state index contributed by atoms with van der Waals surface area (Å²) in [7, 11) is 0. The molecular weight excluding hydrogens is 404 g/mol. The molecule has 0 radical (unpaired) electrons. The van der Waals surface area contributed by atoms with Gasteiger partial charge in [0.2, 0.25) is 0 Å². The van der Waals surface area contributed by atoms with Crippen molar-refractivity contribution in [1.29, 1.82) is 0 Å². The highest BCUT2D eigenvalue weighted by Crippen LogP contribution is 2.66. The van der Waals surface area contributed by atoms with Gasteiger partial charge in [0, 0.05) is 0 Å². The van der Waals surface area contributed by atoms with Crippen LogP contribution in [0.25, 0.3) is 0 Å². The van der Waals surface area contributed by atoms with Crippen molar-refractivity contribution in [3.05, 3.63) is 0 Å². The average Bonchev–Trinajstić information content (AvgIpc) is 2.77. The highest BCUT2D eigenvalue weighted by molar-refractivity contribution is 5.08. The first-order valence-electron chi connectivity index (χ1n) is 15.0. The fourth-order valence-corrected chi connectivity index (χ4v) is 10.3. The van der Waals surface area contributed by atoms with Crippen LogP contribution in [0.2, 0.25) is 0 Å². The van der Waals surface area contributed by atoms with Gasteiger partial charge >= 0.3 is 0 Å². The van der Waals surface area contributed by atoms with Crippen molar-refractivity contribution in [2.75, 3.05) is 0 Å². The van der Waals surface area contributed by atoms with Crippen LogP contribution in [0.3, 0.4) is 0 Å². The lowest BCUT2D eigenvalue weighted by Gasteiger charge is -2.64. The molecule has 5 fully saturated rings. The minimum atomic E-state index is -0.374. The number of rotatable bonds is 4. The van der Waals surface area contributed by atoms with E-state index in [9.17, 15) is 10.2 Å². The summed E-state index contributed by atoms with van der Waals surface area (Å²) in [6.07, 6.45) is 21.4. The Kier molecular flexibility index (Phi) is 6.55. The molecule has 0 aromatic rings. The zero-order chi connectivity index (χ0) is 23.5. The zero-order valence-corrected chi connectivity index (χ0v) is 22.4.